The van der Waals surface area contributed by atoms with Gasteiger partial charge in [0.25, 0.3) is 5.56 Å². The third-order valence-electron chi connectivity index (χ3n) is 4.38. The number of para-hydroxylation sites is 1. The standard InChI is InChI=1S/C19H17N7O2/c1-12(26-11-20-16-9-4-3-8-15(16)19(26)28)18(27)21-14-7-5-6-13(10-14)17-22-24-25(2)23-17/h3-12H,1-2H3,(H,21,27)/t12-/m1/s1. The van der Waals surface area contributed by atoms with Gasteiger partial charge in [-0.25, -0.2) is 4.98 Å². The molecule has 9 nitrogen and oxygen atoms in total. The van der Waals surface area contributed by atoms with Gasteiger partial charge in [-0.1, -0.05) is 24.3 Å². The van der Waals surface area contributed by atoms with E-state index in [2.05, 4.69) is 25.7 Å². The number of hydrogen-bond donors (Lipinski definition) is 1. The molecule has 2 aromatic heterocycles. The smallest absolute Gasteiger partial charge is 0.261 e. The van der Waals surface area contributed by atoms with Crippen molar-refractivity contribution in [1.82, 2.24) is 29.8 Å². The Morgan fingerprint density at radius 3 is 2.75 bits per heavy atom. The minimum atomic E-state index is -0.733. The fourth-order valence-corrected chi connectivity index (χ4v) is 2.87. The summed E-state index contributed by atoms with van der Waals surface area (Å²) < 4.78 is 1.33. The largest absolute Gasteiger partial charge is 0.324 e. The van der Waals surface area contributed by atoms with E-state index in [4.69, 9.17) is 0 Å². The minimum Gasteiger partial charge on any atom is -0.324 e. The number of nitrogens with one attached hydrogen (secondary N) is 1. The van der Waals surface area contributed by atoms with Crippen molar-refractivity contribution in [3.63, 3.8) is 0 Å². The lowest BCUT2D eigenvalue weighted by Gasteiger charge is -2.15. The van der Waals surface area contributed by atoms with Crippen LogP contribution < -0.4 is 10.9 Å². The van der Waals surface area contributed by atoms with E-state index in [9.17, 15) is 9.59 Å². The summed E-state index contributed by atoms with van der Waals surface area (Å²) in [6.07, 6.45) is 1.40. The number of hydrogen-bond acceptors (Lipinski definition) is 6. The molecule has 2 heterocycles. The first-order valence-electron chi connectivity index (χ1n) is 8.64. The van der Waals surface area contributed by atoms with Crippen LogP contribution in [-0.4, -0.2) is 35.7 Å². The van der Waals surface area contributed by atoms with E-state index in [0.717, 1.165) is 5.56 Å². The Balaban J connectivity index is 1.59. The maximum absolute atomic E-state index is 12.7. The van der Waals surface area contributed by atoms with Gasteiger partial charge >= 0.3 is 0 Å². The van der Waals surface area contributed by atoms with Crippen LogP contribution in [0.2, 0.25) is 0 Å². The number of amides is 1. The van der Waals surface area contributed by atoms with Crippen molar-refractivity contribution in [3.05, 3.63) is 65.2 Å². The van der Waals surface area contributed by atoms with Crippen LogP contribution in [0.4, 0.5) is 5.69 Å². The van der Waals surface area contributed by atoms with Crippen LogP contribution in [0.25, 0.3) is 22.3 Å². The molecule has 1 N–H and O–H groups in total. The van der Waals surface area contributed by atoms with Crippen molar-refractivity contribution in [2.75, 3.05) is 5.32 Å². The van der Waals surface area contributed by atoms with Crippen LogP contribution in [0.3, 0.4) is 0 Å². The van der Waals surface area contributed by atoms with Gasteiger partial charge in [-0.2, -0.15) is 4.80 Å². The van der Waals surface area contributed by atoms with E-state index in [1.54, 1.807) is 50.4 Å². The Labute approximate surface area is 159 Å². The van der Waals surface area contributed by atoms with Crippen LogP contribution in [-0.2, 0) is 11.8 Å². The zero-order chi connectivity index (χ0) is 19.7. The SMILES string of the molecule is C[C@H](C(=O)Nc1cccc(-c2nnn(C)n2)c1)n1cnc2ccccc2c1=O. The average Bonchev–Trinajstić information content (AvgIpc) is 3.14. The summed E-state index contributed by atoms with van der Waals surface area (Å²) in [5.74, 6) is 0.130. The fraction of sp³-hybridized carbons (Fsp3) is 0.158. The first kappa shape index (κ1) is 17.5. The van der Waals surface area contributed by atoms with Gasteiger partial charge in [0.2, 0.25) is 11.7 Å². The summed E-state index contributed by atoms with van der Waals surface area (Å²) >= 11 is 0. The maximum atomic E-state index is 12.7. The van der Waals surface area contributed by atoms with Crippen LogP contribution >= 0.6 is 0 Å². The summed E-state index contributed by atoms with van der Waals surface area (Å²) in [6, 6.07) is 13.4. The molecule has 1 atom stereocenters. The van der Waals surface area contributed by atoms with E-state index in [1.807, 2.05) is 12.1 Å². The van der Waals surface area contributed by atoms with E-state index < -0.39 is 6.04 Å². The highest BCUT2D eigenvalue weighted by molar-refractivity contribution is 5.94. The fourth-order valence-electron chi connectivity index (χ4n) is 2.87. The van der Waals surface area contributed by atoms with Crippen molar-refractivity contribution in [2.24, 2.45) is 7.05 Å². The Hall–Kier alpha value is -3.88. The number of aromatic nitrogens is 6. The second-order valence-electron chi connectivity index (χ2n) is 6.32. The number of anilines is 1. The lowest BCUT2D eigenvalue weighted by Crippen LogP contribution is -2.31. The van der Waals surface area contributed by atoms with Gasteiger partial charge < -0.3 is 5.32 Å². The molecule has 9 heteroatoms. The van der Waals surface area contributed by atoms with E-state index in [1.165, 1.54) is 15.7 Å². The number of carbonyl (C=O) groups excluding carboxylic acids is 1. The van der Waals surface area contributed by atoms with Gasteiger partial charge in [-0.05, 0) is 36.4 Å². The lowest BCUT2D eigenvalue weighted by molar-refractivity contribution is -0.118. The Morgan fingerprint density at radius 2 is 1.96 bits per heavy atom. The zero-order valence-electron chi connectivity index (χ0n) is 15.3. The molecule has 4 aromatic rings. The van der Waals surface area contributed by atoms with Crippen molar-refractivity contribution in [3.8, 4) is 11.4 Å². The minimum absolute atomic E-state index is 0.259. The zero-order valence-corrected chi connectivity index (χ0v) is 15.3. The lowest BCUT2D eigenvalue weighted by atomic mass is 10.2. The number of tetrazole rings is 1. The number of fused-ring (bicyclic) bond motifs is 1. The van der Waals surface area contributed by atoms with Crippen LogP contribution in [0.15, 0.2) is 59.7 Å². The summed E-state index contributed by atoms with van der Waals surface area (Å²) in [5.41, 5.74) is 1.64. The third-order valence-corrected chi connectivity index (χ3v) is 4.38. The van der Waals surface area contributed by atoms with Gasteiger partial charge in [-0.3, -0.25) is 14.2 Å². The molecule has 0 radical (unpaired) electrons. The molecule has 140 valence electrons. The van der Waals surface area contributed by atoms with Gasteiger partial charge in [0.15, 0.2) is 0 Å². The topological polar surface area (TPSA) is 108 Å². The maximum Gasteiger partial charge on any atom is 0.261 e. The summed E-state index contributed by atoms with van der Waals surface area (Å²) in [4.78, 5) is 31.0. The van der Waals surface area contributed by atoms with Crippen molar-refractivity contribution in [2.45, 2.75) is 13.0 Å². The molecular formula is C19H17N7O2. The van der Waals surface area contributed by atoms with Gasteiger partial charge in [0.05, 0.1) is 24.3 Å². The number of rotatable bonds is 4. The quantitative estimate of drug-likeness (QED) is 0.583. The predicted octanol–water partition coefficient (Wildman–Crippen LogP) is 1.79. The monoisotopic (exact) mass is 375 g/mol. The van der Waals surface area contributed by atoms with Crippen LogP contribution in [0.5, 0.6) is 0 Å². The molecule has 0 saturated carbocycles. The Morgan fingerprint density at radius 1 is 1.14 bits per heavy atom. The van der Waals surface area contributed by atoms with E-state index in [0.29, 0.717) is 22.4 Å². The summed E-state index contributed by atoms with van der Waals surface area (Å²) in [7, 11) is 1.68. The normalized spacial score (nSPS) is 12.1. The second-order valence-corrected chi connectivity index (χ2v) is 6.32. The molecular weight excluding hydrogens is 358 g/mol. The highest BCUT2D eigenvalue weighted by Crippen LogP contribution is 2.19. The average molecular weight is 375 g/mol. The highest BCUT2D eigenvalue weighted by Gasteiger charge is 2.18. The molecule has 0 saturated heterocycles. The van der Waals surface area contributed by atoms with Crippen molar-refractivity contribution in [1.29, 1.82) is 0 Å². The van der Waals surface area contributed by atoms with Crippen LogP contribution in [0.1, 0.15) is 13.0 Å². The van der Waals surface area contributed by atoms with Crippen molar-refractivity contribution < 1.29 is 4.79 Å². The molecule has 0 bridgehead atoms. The molecule has 0 fully saturated rings. The van der Waals surface area contributed by atoms with E-state index >= 15 is 0 Å². The first-order chi connectivity index (χ1) is 13.5. The molecule has 2 aromatic carbocycles. The first-order valence-corrected chi connectivity index (χ1v) is 8.64. The molecule has 4 rings (SSSR count). The Bertz CT molecular complexity index is 1230. The highest BCUT2D eigenvalue weighted by atomic mass is 16.2. The molecule has 0 aliphatic heterocycles. The number of aryl methyl sites for hydroxylation is 1. The molecule has 1 amide bonds. The van der Waals surface area contributed by atoms with Gasteiger partial charge in [-0.15, -0.1) is 10.2 Å². The second kappa shape index (κ2) is 7.03. The van der Waals surface area contributed by atoms with E-state index in [-0.39, 0.29) is 11.5 Å². The Kier molecular flexibility index (Phi) is 4.40. The third kappa shape index (κ3) is 3.25. The molecule has 28 heavy (non-hydrogen) atoms. The number of benzene rings is 2. The molecule has 0 unspecified atom stereocenters. The molecule has 0 aliphatic carbocycles. The predicted molar refractivity (Wildman–Crippen MR) is 104 cm³/mol. The van der Waals surface area contributed by atoms with Crippen LogP contribution in [0, 0.1) is 0 Å². The molecule has 0 spiro atoms. The van der Waals surface area contributed by atoms with Crippen molar-refractivity contribution >= 4 is 22.5 Å². The van der Waals surface area contributed by atoms with Gasteiger partial charge in [0, 0.05) is 11.3 Å². The molecule has 0 aliphatic rings. The number of carbonyl (C=O) groups is 1. The summed E-state index contributed by atoms with van der Waals surface area (Å²) in [6.45, 7) is 1.65. The number of nitrogens with zero attached hydrogens (tertiary/aromatic N) is 6. The van der Waals surface area contributed by atoms with Gasteiger partial charge in [0.1, 0.15) is 6.04 Å². The summed E-state index contributed by atoms with van der Waals surface area (Å²) in [5, 5.41) is 15.2.